The van der Waals surface area contributed by atoms with Gasteiger partial charge in [0.25, 0.3) is 5.92 Å². The van der Waals surface area contributed by atoms with Gasteiger partial charge in [0.05, 0.1) is 12.6 Å². The molecule has 1 N–H and O–H groups in total. The van der Waals surface area contributed by atoms with Crippen LogP contribution >= 0.6 is 24.8 Å². The fourth-order valence-electron chi connectivity index (χ4n) is 3.90. The predicted molar refractivity (Wildman–Crippen MR) is 90.9 cm³/mol. The highest BCUT2D eigenvalue weighted by Crippen LogP contribution is 2.27. The summed E-state index contributed by atoms with van der Waals surface area (Å²) >= 11 is 0. The molecule has 1 amide bonds. The summed E-state index contributed by atoms with van der Waals surface area (Å²) in [5.74, 6) is -2.87. The number of carbonyl (C=O) groups is 1. The van der Waals surface area contributed by atoms with Crippen LogP contribution in [0.25, 0.3) is 0 Å². The summed E-state index contributed by atoms with van der Waals surface area (Å²) in [7, 11) is 0. The van der Waals surface area contributed by atoms with Gasteiger partial charge in [-0.15, -0.1) is 24.8 Å². The third-order valence-corrected chi connectivity index (χ3v) is 5.09. The topological polar surface area (TPSA) is 35.6 Å². The molecule has 0 bridgehead atoms. The summed E-state index contributed by atoms with van der Waals surface area (Å²) < 4.78 is 26.5. The van der Waals surface area contributed by atoms with E-state index in [0.717, 1.165) is 19.5 Å². The number of nitrogens with one attached hydrogen (secondary N) is 1. The van der Waals surface area contributed by atoms with E-state index in [1.165, 1.54) is 25.7 Å². The number of amides is 1. The molecule has 1 aliphatic carbocycles. The van der Waals surface area contributed by atoms with E-state index in [1.807, 2.05) is 0 Å². The largest absolute Gasteiger partial charge is 0.340 e. The van der Waals surface area contributed by atoms with Gasteiger partial charge in [0.15, 0.2) is 0 Å². The monoisotopic (exact) mass is 373 g/mol. The number of rotatable bonds is 2. The molecule has 0 spiro atoms. The van der Waals surface area contributed by atoms with Gasteiger partial charge in [-0.3, -0.25) is 15.0 Å². The average Bonchev–Trinajstić information content (AvgIpc) is 3.02. The van der Waals surface area contributed by atoms with Crippen molar-refractivity contribution >= 4 is 30.7 Å². The molecule has 1 saturated carbocycles. The number of alkyl halides is 2. The summed E-state index contributed by atoms with van der Waals surface area (Å²) in [4.78, 5) is 16.7. The van der Waals surface area contributed by atoms with Gasteiger partial charge in [0.2, 0.25) is 5.91 Å². The summed E-state index contributed by atoms with van der Waals surface area (Å²) in [5, 5.41) is 2.68. The van der Waals surface area contributed by atoms with Crippen LogP contribution in [0.1, 0.15) is 38.5 Å². The Morgan fingerprint density at radius 2 is 1.70 bits per heavy atom. The van der Waals surface area contributed by atoms with Crippen LogP contribution in [0, 0.1) is 0 Å². The Kier molecular flexibility index (Phi) is 7.98. The Morgan fingerprint density at radius 3 is 2.30 bits per heavy atom. The van der Waals surface area contributed by atoms with Crippen molar-refractivity contribution in [1.82, 2.24) is 15.1 Å². The fraction of sp³-hybridized carbons (Fsp3) is 0.933. The third-order valence-electron chi connectivity index (χ3n) is 5.09. The lowest BCUT2D eigenvalue weighted by molar-refractivity contribution is -0.133. The van der Waals surface area contributed by atoms with Gasteiger partial charge in [-0.1, -0.05) is 12.8 Å². The van der Waals surface area contributed by atoms with Crippen molar-refractivity contribution in [3.8, 4) is 0 Å². The molecule has 136 valence electrons. The van der Waals surface area contributed by atoms with E-state index in [1.54, 1.807) is 4.90 Å². The number of nitrogens with zero attached hydrogens (tertiary/aromatic N) is 2. The summed E-state index contributed by atoms with van der Waals surface area (Å²) in [6.07, 6.45) is 5.75. The Bertz CT molecular complexity index is 395. The van der Waals surface area contributed by atoms with E-state index in [2.05, 4.69) is 10.2 Å². The van der Waals surface area contributed by atoms with E-state index < -0.39 is 12.0 Å². The van der Waals surface area contributed by atoms with Crippen molar-refractivity contribution in [3.05, 3.63) is 0 Å². The van der Waals surface area contributed by atoms with Gasteiger partial charge >= 0.3 is 0 Å². The Labute approximate surface area is 149 Å². The minimum absolute atomic E-state index is 0. The maximum atomic E-state index is 13.2. The minimum atomic E-state index is -2.73. The van der Waals surface area contributed by atoms with Crippen LogP contribution in [0.4, 0.5) is 8.78 Å². The van der Waals surface area contributed by atoms with Gasteiger partial charge in [-0.05, 0) is 19.3 Å². The lowest BCUT2D eigenvalue weighted by atomic mass is 10.1. The number of hydrogen-bond donors (Lipinski definition) is 1. The Balaban J connectivity index is 0.00000132. The van der Waals surface area contributed by atoms with Gasteiger partial charge in [-0.25, -0.2) is 8.78 Å². The molecule has 3 rings (SSSR count). The lowest BCUT2D eigenvalue weighted by Gasteiger charge is -2.28. The standard InChI is InChI=1S/C15H25F2N3O.2ClH/c16-15(17)10-13(18-11-15)14(21)20-7-3-6-19(8-9-20)12-4-1-2-5-12;;/h12-13,18H,1-11H2;2*1H. The van der Waals surface area contributed by atoms with Crippen LogP contribution in [-0.4, -0.2) is 66.4 Å². The summed E-state index contributed by atoms with van der Waals surface area (Å²) in [6.45, 7) is 2.93. The van der Waals surface area contributed by atoms with Crippen LogP contribution in [0.5, 0.6) is 0 Å². The first-order valence-electron chi connectivity index (χ1n) is 8.19. The maximum Gasteiger partial charge on any atom is 0.262 e. The van der Waals surface area contributed by atoms with Gasteiger partial charge in [-0.2, -0.15) is 0 Å². The van der Waals surface area contributed by atoms with Gasteiger partial charge in [0.1, 0.15) is 0 Å². The summed E-state index contributed by atoms with van der Waals surface area (Å²) in [6, 6.07) is -0.0213. The first-order valence-corrected chi connectivity index (χ1v) is 8.19. The molecule has 1 atom stereocenters. The van der Waals surface area contributed by atoms with Gasteiger partial charge < -0.3 is 4.90 Å². The zero-order valence-electron chi connectivity index (χ0n) is 13.3. The van der Waals surface area contributed by atoms with Crippen LogP contribution in [0.2, 0.25) is 0 Å². The average molecular weight is 374 g/mol. The van der Waals surface area contributed by atoms with Gasteiger partial charge in [0, 0.05) is 38.6 Å². The molecule has 4 nitrogen and oxygen atoms in total. The van der Waals surface area contributed by atoms with Crippen molar-refractivity contribution in [2.45, 2.75) is 56.5 Å². The maximum absolute atomic E-state index is 13.2. The van der Waals surface area contributed by atoms with E-state index in [4.69, 9.17) is 0 Å². The molecule has 3 fully saturated rings. The zero-order chi connectivity index (χ0) is 14.9. The molecule has 3 aliphatic rings. The second-order valence-electron chi connectivity index (χ2n) is 6.65. The highest BCUT2D eigenvalue weighted by Gasteiger charge is 2.43. The molecule has 2 heterocycles. The second kappa shape index (κ2) is 8.79. The third kappa shape index (κ3) is 5.15. The van der Waals surface area contributed by atoms with Crippen molar-refractivity contribution in [2.24, 2.45) is 0 Å². The van der Waals surface area contributed by atoms with Crippen molar-refractivity contribution < 1.29 is 13.6 Å². The minimum Gasteiger partial charge on any atom is -0.340 e. The van der Waals surface area contributed by atoms with E-state index in [9.17, 15) is 13.6 Å². The Morgan fingerprint density at radius 1 is 1.00 bits per heavy atom. The molecular weight excluding hydrogens is 347 g/mol. The molecule has 0 radical (unpaired) electrons. The van der Waals surface area contributed by atoms with Crippen LogP contribution in [0.3, 0.4) is 0 Å². The van der Waals surface area contributed by atoms with Crippen molar-refractivity contribution in [2.75, 3.05) is 32.7 Å². The van der Waals surface area contributed by atoms with E-state index in [0.29, 0.717) is 19.1 Å². The van der Waals surface area contributed by atoms with E-state index in [-0.39, 0.29) is 43.7 Å². The molecule has 1 unspecified atom stereocenters. The van der Waals surface area contributed by atoms with Crippen molar-refractivity contribution in [1.29, 1.82) is 0 Å². The molecule has 0 aromatic rings. The second-order valence-corrected chi connectivity index (χ2v) is 6.65. The SMILES string of the molecule is Cl.Cl.O=C(C1CC(F)(F)CN1)N1CCCN(C2CCCC2)CC1. The molecular formula is C15H27Cl2F2N3O. The number of halogens is 4. The van der Waals surface area contributed by atoms with E-state index >= 15 is 0 Å². The predicted octanol–water partition coefficient (Wildman–Crippen LogP) is 2.30. The fourth-order valence-corrected chi connectivity index (χ4v) is 3.90. The number of carbonyl (C=O) groups excluding carboxylic acids is 1. The summed E-state index contributed by atoms with van der Waals surface area (Å²) in [5.41, 5.74) is 0. The molecule has 2 saturated heterocycles. The smallest absolute Gasteiger partial charge is 0.262 e. The van der Waals surface area contributed by atoms with Crippen LogP contribution in [-0.2, 0) is 4.79 Å². The molecule has 2 aliphatic heterocycles. The first kappa shape index (κ1) is 20.9. The van der Waals surface area contributed by atoms with Crippen LogP contribution < -0.4 is 5.32 Å². The quantitative estimate of drug-likeness (QED) is 0.806. The molecule has 0 aromatic carbocycles. The highest BCUT2D eigenvalue weighted by molar-refractivity contribution is 5.85. The number of hydrogen-bond acceptors (Lipinski definition) is 3. The first-order chi connectivity index (χ1) is 10.1. The molecule has 8 heteroatoms. The highest BCUT2D eigenvalue weighted by atomic mass is 35.5. The molecule has 0 aromatic heterocycles. The van der Waals surface area contributed by atoms with Crippen LogP contribution in [0.15, 0.2) is 0 Å². The van der Waals surface area contributed by atoms with Crippen molar-refractivity contribution in [3.63, 3.8) is 0 Å². The lowest BCUT2D eigenvalue weighted by Crippen LogP contribution is -2.45. The normalized spacial score (nSPS) is 28.8. The molecule has 23 heavy (non-hydrogen) atoms. The Hall–Kier alpha value is -0.170. The zero-order valence-corrected chi connectivity index (χ0v) is 14.9.